The second-order valence-electron chi connectivity index (χ2n) is 5.13. The summed E-state index contributed by atoms with van der Waals surface area (Å²) >= 11 is 9.65. The van der Waals surface area contributed by atoms with Crippen LogP contribution >= 0.6 is 27.5 Å². The molecule has 0 N–H and O–H groups in total. The minimum atomic E-state index is 0.478. The summed E-state index contributed by atoms with van der Waals surface area (Å²) in [5.74, 6) is 1.21. The molecule has 1 heterocycles. The molecule has 0 saturated carbocycles. The largest absolute Gasteiger partial charge is 0.232 e. The Balaban J connectivity index is 2.41. The normalized spacial score (nSPS) is 11.1. The Morgan fingerprint density at radius 2 is 1.80 bits per heavy atom. The van der Waals surface area contributed by atoms with Gasteiger partial charge >= 0.3 is 0 Å². The number of rotatable bonds is 4. The number of benzene rings is 1. The highest BCUT2D eigenvalue weighted by molar-refractivity contribution is 9.10. The minimum Gasteiger partial charge on any atom is -0.232 e. The summed E-state index contributed by atoms with van der Waals surface area (Å²) in [5, 5.41) is 0.478. The van der Waals surface area contributed by atoms with Crippen molar-refractivity contribution in [1.29, 1.82) is 0 Å². The topological polar surface area (TPSA) is 25.8 Å². The van der Waals surface area contributed by atoms with Crippen molar-refractivity contribution in [3.8, 4) is 11.4 Å². The first-order valence-electron chi connectivity index (χ1n) is 6.85. The van der Waals surface area contributed by atoms with E-state index in [9.17, 15) is 0 Å². The Kier molecular flexibility index (Phi) is 5.17. The van der Waals surface area contributed by atoms with Crippen LogP contribution in [-0.2, 0) is 6.42 Å². The molecule has 0 bridgehead atoms. The fourth-order valence-electron chi connectivity index (χ4n) is 2.01. The minimum absolute atomic E-state index is 0.478. The molecule has 0 fully saturated rings. The van der Waals surface area contributed by atoms with E-state index in [-0.39, 0.29) is 0 Å². The van der Waals surface area contributed by atoms with Crippen molar-refractivity contribution in [2.24, 2.45) is 0 Å². The van der Waals surface area contributed by atoms with Gasteiger partial charge < -0.3 is 0 Å². The molecule has 0 spiro atoms. The second kappa shape index (κ2) is 6.68. The standard InChI is InChI=1S/C16H18BrClN2/c1-4-5-13-14(17)15(18)20-16(19-13)12-8-6-11(7-9-12)10(2)3/h6-10H,4-5H2,1-3H3. The summed E-state index contributed by atoms with van der Waals surface area (Å²) in [6.45, 7) is 6.49. The molecule has 0 aliphatic rings. The Bertz CT molecular complexity index is 594. The molecule has 106 valence electrons. The van der Waals surface area contributed by atoms with Crippen molar-refractivity contribution in [3.63, 3.8) is 0 Å². The SMILES string of the molecule is CCCc1nc(-c2ccc(C(C)C)cc2)nc(Cl)c1Br. The third-order valence-corrected chi connectivity index (χ3v) is 4.54. The second-order valence-corrected chi connectivity index (χ2v) is 6.28. The highest BCUT2D eigenvalue weighted by atomic mass is 79.9. The maximum absolute atomic E-state index is 6.19. The lowest BCUT2D eigenvalue weighted by Crippen LogP contribution is -1.99. The monoisotopic (exact) mass is 352 g/mol. The molecule has 2 aromatic rings. The molecule has 20 heavy (non-hydrogen) atoms. The summed E-state index contributed by atoms with van der Waals surface area (Å²) in [5.41, 5.74) is 3.28. The first-order valence-corrected chi connectivity index (χ1v) is 8.02. The Morgan fingerprint density at radius 1 is 1.15 bits per heavy atom. The van der Waals surface area contributed by atoms with Gasteiger partial charge in [0.25, 0.3) is 0 Å². The van der Waals surface area contributed by atoms with E-state index in [4.69, 9.17) is 11.6 Å². The average Bonchev–Trinajstić information content (AvgIpc) is 2.44. The zero-order valence-electron chi connectivity index (χ0n) is 12.0. The van der Waals surface area contributed by atoms with E-state index in [0.29, 0.717) is 16.9 Å². The fraction of sp³-hybridized carbons (Fsp3) is 0.375. The van der Waals surface area contributed by atoms with Crippen LogP contribution in [0.15, 0.2) is 28.7 Å². The van der Waals surface area contributed by atoms with E-state index in [1.165, 1.54) is 5.56 Å². The van der Waals surface area contributed by atoms with Crippen molar-refractivity contribution in [3.05, 3.63) is 45.1 Å². The predicted octanol–water partition coefficient (Wildman–Crippen LogP) is 5.64. The zero-order valence-corrected chi connectivity index (χ0v) is 14.3. The van der Waals surface area contributed by atoms with Crippen LogP contribution in [-0.4, -0.2) is 9.97 Å². The van der Waals surface area contributed by atoms with Gasteiger partial charge in [-0.05, 0) is 33.8 Å². The maximum atomic E-state index is 6.19. The number of aromatic nitrogens is 2. The van der Waals surface area contributed by atoms with E-state index < -0.39 is 0 Å². The number of aryl methyl sites for hydroxylation is 1. The summed E-state index contributed by atoms with van der Waals surface area (Å²) in [6.07, 6.45) is 1.91. The Hall–Kier alpha value is -0.930. The van der Waals surface area contributed by atoms with Crippen LogP contribution in [0, 0.1) is 0 Å². The van der Waals surface area contributed by atoms with Crippen LogP contribution in [0.1, 0.15) is 44.4 Å². The zero-order chi connectivity index (χ0) is 14.7. The lowest BCUT2D eigenvalue weighted by molar-refractivity contribution is 0.863. The van der Waals surface area contributed by atoms with Crippen LogP contribution in [0.5, 0.6) is 0 Å². The number of hydrogen-bond donors (Lipinski definition) is 0. The van der Waals surface area contributed by atoms with Gasteiger partial charge in [0.05, 0.1) is 10.2 Å². The summed E-state index contributed by atoms with van der Waals surface area (Å²) < 4.78 is 0.809. The van der Waals surface area contributed by atoms with Crippen molar-refractivity contribution >= 4 is 27.5 Å². The maximum Gasteiger partial charge on any atom is 0.161 e. The van der Waals surface area contributed by atoms with Gasteiger partial charge in [-0.1, -0.05) is 63.1 Å². The molecule has 1 aromatic carbocycles. The van der Waals surface area contributed by atoms with Crippen molar-refractivity contribution < 1.29 is 0 Å². The molecule has 2 rings (SSSR count). The molecular weight excluding hydrogens is 336 g/mol. The van der Waals surface area contributed by atoms with Crippen LogP contribution < -0.4 is 0 Å². The van der Waals surface area contributed by atoms with Gasteiger partial charge in [-0.2, -0.15) is 0 Å². The molecule has 0 radical (unpaired) electrons. The lowest BCUT2D eigenvalue weighted by atomic mass is 10.0. The van der Waals surface area contributed by atoms with Crippen LogP contribution in [0.2, 0.25) is 5.15 Å². The molecule has 0 saturated heterocycles. The van der Waals surface area contributed by atoms with Gasteiger partial charge in [0.1, 0.15) is 5.15 Å². The van der Waals surface area contributed by atoms with E-state index in [1.807, 2.05) is 0 Å². The quantitative estimate of drug-likeness (QED) is 0.665. The van der Waals surface area contributed by atoms with E-state index >= 15 is 0 Å². The molecule has 0 unspecified atom stereocenters. The summed E-state index contributed by atoms with van der Waals surface area (Å²) in [7, 11) is 0. The molecule has 0 aliphatic heterocycles. The summed E-state index contributed by atoms with van der Waals surface area (Å²) in [4.78, 5) is 8.99. The summed E-state index contributed by atoms with van der Waals surface area (Å²) in [6, 6.07) is 8.37. The van der Waals surface area contributed by atoms with Gasteiger partial charge in [0, 0.05) is 5.56 Å². The van der Waals surface area contributed by atoms with Crippen LogP contribution in [0.25, 0.3) is 11.4 Å². The van der Waals surface area contributed by atoms with Gasteiger partial charge in [-0.15, -0.1) is 0 Å². The van der Waals surface area contributed by atoms with E-state index in [1.54, 1.807) is 0 Å². The first-order chi connectivity index (χ1) is 9.52. The molecular formula is C16H18BrClN2. The highest BCUT2D eigenvalue weighted by Gasteiger charge is 2.11. The van der Waals surface area contributed by atoms with Crippen LogP contribution in [0.4, 0.5) is 0 Å². The van der Waals surface area contributed by atoms with Gasteiger partial charge in [-0.3, -0.25) is 0 Å². The Labute approximate surface area is 133 Å². The van der Waals surface area contributed by atoms with Crippen molar-refractivity contribution in [2.75, 3.05) is 0 Å². The van der Waals surface area contributed by atoms with Gasteiger partial charge in [-0.25, -0.2) is 9.97 Å². The fourth-order valence-corrected chi connectivity index (χ4v) is 2.58. The molecule has 0 amide bonds. The predicted molar refractivity (Wildman–Crippen MR) is 88.3 cm³/mol. The van der Waals surface area contributed by atoms with Crippen LogP contribution in [0.3, 0.4) is 0 Å². The molecule has 1 aromatic heterocycles. The van der Waals surface area contributed by atoms with E-state index in [2.05, 4.69) is 70.9 Å². The molecule has 0 atom stereocenters. The van der Waals surface area contributed by atoms with Crippen molar-refractivity contribution in [2.45, 2.75) is 39.5 Å². The number of nitrogens with zero attached hydrogens (tertiary/aromatic N) is 2. The average molecular weight is 354 g/mol. The molecule has 2 nitrogen and oxygen atoms in total. The van der Waals surface area contributed by atoms with Gasteiger partial charge in [0.2, 0.25) is 0 Å². The Morgan fingerprint density at radius 3 is 2.35 bits per heavy atom. The lowest BCUT2D eigenvalue weighted by Gasteiger charge is -2.09. The molecule has 4 heteroatoms. The first kappa shape index (κ1) is 15.5. The third-order valence-electron chi connectivity index (χ3n) is 3.20. The smallest absolute Gasteiger partial charge is 0.161 e. The number of halogens is 2. The van der Waals surface area contributed by atoms with E-state index in [0.717, 1.165) is 28.6 Å². The highest BCUT2D eigenvalue weighted by Crippen LogP contribution is 2.28. The van der Waals surface area contributed by atoms with Gasteiger partial charge in [0.15, 0.2) is 5.82 Å². The third kappa shape index (κ3) is 3.39. The molecule has 0 aliphatic carbocycles. The number of hydrogen-bond acceptors (Lipinski definition) is 2. The van der Waals surface area contributed by atoms with Crippen molar-refractivity contribution in [1.82, 2.24) is 9.97 Å².